The van der Waals surface area contributed by atoms with Gasteiger partial charge < -0.3 is 5.32 Å². The largest absolute Gasteiger partial charge is 0.356 e. The molecule has 0 atom stereocenters. The Bertz CT molecular complexity index is 429. The Morgan fingerprint density at radius 3 is 1.77 bits per heavy atom. The maximum absolute atomic E-state index is 11.8. The van der Waals surface area contributed by atoms with E-state index in [1.54, 1.807) is 0 Å². The molecule has 1 rings (SSSR count). The second-order valence-corrected chi connectivity index (χ2v) is 7.58. The first-order chi connectivity index (χ1) is 12.8. The summed E-state index contributed by atoms with van der Waals surface area (Å²) in [4.78, 5) is 11.8. The van der Waals surface area contributed by atoms with Crippen molar-refractivity contribution in [1.29, 1.82) is 0 Å². The molecule has 0 aliphatic heterocycles. The molecule has 0 aliphatic rings. The van der Waals surface area contributed by atoms with Crippen LogP contribution in [0, 0.1) is 0 Å². The number of rotatable bonds is 17. The van der Waals surface area contributed by atoms with Gasteiger partial charge in [-0.15, -0.1) is 0 Å². The summed E-state index contributed by atoms with van der Waals surface area (Å²) in [6.07, 6.45) is 19.1. The maximum atomic E-state index is 11.8. The van der Waals surface area contributed by atoms with E-state index in [4.69, 9.17) is 0 Å². The Morgan fingerprint density at radius 2 is 1.23 bits per heavy atom. The average molecular weight is 360 g/mol. The van der Waals surface area contributed by atoms with E-state index in [2.05, 4.69) is 24.4 Å². The van der Waals surface area contributed by atoms with Gasteiger partial charge in [-0.3, -0.25) is 4.79 Å². The minimum absolute atomic E-state index is 0.212. The van der Waals surface area contributed by atoms with Gasteiger partial charge in [0.2, 0.25) is 5.91 Å². The highest BCUT2D eigenvalue weighted by molar-refractivity contribution is 5.75. The fourth-order valence-electron chi connectivity index (χ4n) is 3.38. The standard InChI is InChI=1S/C24H41NO/c1-2-3-4-5-6-7-8-9-10-11-12-13-17-20-24(26)25-22-21-23-18-15-14-16-19-23/h14-16,18-19H,2-13,17,20-22H2,1H3,(H,25,26). The molecule has 0 saturated carbocycles. The number of unbranched alkanes of at least 4 members (excludes halogenated alkanes) is 12. The summed E-state index contributed by atoms with van der Waals surface area (Å²) in [5, 5.41) is 3.04. The van der Waals surface area contributed by atoms with Crippen LogP contribution in [0.5, 0.6) is 0 Å². The third-order valence-corrected chi connectivity index (χ3v) is 5.09. The van der Waals surface area contributed by atoms with Crippen molar-refractivity contribution in [2.24, 2.45) is 0 Å². The molecule has 0 unspecified atom stereocenters. The third kappa shape index (κ3) is 13.9. The van der Waals surface area contributed by atoms with E-state index < -0.39 is 0 Å². The lowest BCUT2D eigenvalue weighted by Gasteiger charge is -2.06. The number of hydrogen-bond donors (Lipinski definition) is 1. The topological polar surface area (TPSA) is 29.1 Å². The van der Waals surface area contributed by atoms with E-state index in [1.165, 1.54) is 82.6 Å². The third-order valence-electron chi connectivity index (χ3n) is 5.09. The summed E-state index contributed by atoms with van der Waals surface area (Å²) >= 11 is 0. The van der Waals surface area contributed by atoms with Gasteiger partial charge in [-0.05, 0) is 18.4 Å². The van der Waals surface area contributed by atoms with Gasteiger partial charge in [0.05, 0.1) is 0 Å². The molecule has 0 aliphatic carbocycles. The monoisotopic (exact) mass is 359 g/mol. The molecule has 0 radical (unpaired) electrons. The van der Waals surface area contributed by atoms with Crippen molar-refractivity contribution in [3.8, 4) is 0 Å². The van der Waals surface area contributed by atoms with Crippen LogP contribution in [0.15, 0.2) is 30.3 Å². The van der Waals surface area contributed by atoms with Crippen LogP contribution < -0.4 is 5.32 Å². The zero-order valence-corrected chi connectivity index (χ0v) is 17.1. The number of amides is 1. The molecule has 0 spiro atoms. The normalized spacial score (nSPS) is 10.8. The second kappa shape index (κ2) is 17.1. The fourth-order valence-corrected chi connectivity index (χ4v) is 3.38. The van der Waals surface area contributed by atoms with E-state index >= 15 is 0 Å². The van der Waals surface area contributed by atoms with Gasteiger partial charge in [0, 0.05) is 13.0 Å². The summed E-state index contributed by atoms with van der Waals surface area (Å²) in [6, 6.07) is 10.3. The molecule has 2 nitrogen and oxygen atoms in total. The van der Waals surface area contributed by atoms with Crippen LogP contribution in [-0.2, 0) is 11.2 Å². The number of nitrogens with one attached hydrogen (secondary N) is 1. The number of carbonyl (C=O) groups excluding carboxylic acids is 1. The molecule has 148 valence electrons. The Balaban J connectivity index is 1.79. The molecule has 2 heteroatoms. The van der Waals surface area contributed by atoms with Gasteiger partial charge in [-0.25, -0.2) is 0 Å². The predicted molar refractivity (Wildman–Crippen MR) is 113 cm³/mol. The van der Waals surface area contributed by atoms with Crippen molar-refractivity contribution in [2.45, 2.75) is 103 Å². The van der Waals surface area contributed by atoms with Gasteiger partial charge >= 0.3 is 0 Å². The molecular weight excluding hydrogens is 318 g/mol. The average Bonchev–Trinajstić information content (AvgIpc) is 2.66. The van der Waals surface area contributed by atoms with Crippen molar-refractivity contribution >= 4 is 5.91 Å². The Kier molecular flexibility index (Phi) is 15.0. The first kappa shape index (κ1) is 22.7. The van der Waals surface area contributed by atoms with Crippen LogP contribution in [0.3, 0.4) is 0 Å². The first-order valence-electron chi connectivity index (χ1n) is 11.1. The van der Waals surface area contributed by atoms with Crippen LogP contribution in [0.1, 0.15) is 102 Å². The van der Waals surface area contributed by atoms with E-state index in [1.807, 2.05) is 18.2 Å². The van der Waals surface area contributed by atoms with Crippen molar-refractivity contribution in [3.63, 3.8) is 0 Å². The number of hydrogen-bond acceptors (Lipinski definition) is 1. The molecule has 26 heavy (non-hydrogen) atoms. The predicted octanol–water partition coefficient (Wildman–Crippen LogP) is 6.83. The van der Waals surface area contributed by atoms with E-state index in [9.17, 15) is 4.79 Å². The summed E-state index contributed by atoms with van der Waals surface area (Å²) in [7, 11) is 0. The zero-order chi connectivity index (χ0) is 18.7. The van der Waals surface area contributed by atoms with E-state index in [0.717, 1.165) is 19.4 Å². The highest BCUT2D eigenvalue weighted by atomic mass is 16.1. The second-order valence-electron chi connectivity index (χ2n) is 7.58. The molecule has 0 bridgehead atoms. The summed E-state index contributed by atoms with van der Waals surface area (Å²) < 4.78 is 0. The first-order valence-corrected chi connectivity index (χ1v) is 11.1. The molecule has 0 heterocycles. The maximum Gasteiger partial charge on any atom is 0.220 e. The van der Waals surface area contributed by atoms with Crippen molar-refractivity contribution < 1.29 is 4.79 Å². The van der Waals surface area contributed by atoms with Gasteiger partial charge in [0.1, 0.15) is 0 Å². The molecule has 0 saturated heterocycles. The van der Waals surface area contributed by atoms with Crippen LogP contribution in [0.2, 0.25) is 0 Å². The number of benzene rings is 1. The molecule has 1 aromatic rings. The summed E-state index contributed by atoms with van der Waals surface area (Å²) in [5.41, 5.74) is 1.29. The lowest BCUT2D eigenvalue weighted by Crippen LogP contribution is -2.25. The van der Waals surface area contributed by atoms with E-state index in [-0.39, 0.29) is 5.91 Å². The molecule has 0 fully saturated rings. The zero-order valence-electron chi connectivity index (χ0n) is 17.1. The molecule has 1 amide bonds. The fraction of sp³-hybridized carbons (Fsp3) is 0.708. The van der Waals surface area contributed by atoms with E-state index in [0.29, 0.717) is 6.42 Å². The Hall–Kier alpha value is -1.31. The molecule has 0 aromatic heterocycles. The van der Waals surface area contributed by atoms with Crippen molar-refractivity contribution in [1.82, 2.24) is 5.32 Å². The SMILES string of the molecule is CCCCCCCCCCCCCCCC(=O)NCCc1ccccc1. The summed E-state index contributed by atoms with van der Waals surface area (Å²) in [6.45, 7) is 3.03. The minimum Gasteiger partial charge on any atom is -0.356 e. The lowest BCUT2D eigenvalue weighted by molar-refractivity contribution is -0.121. The molecular formula is C24H41NO. The molecule has 1 aromatic carbocycles. The van der Waals surface area contributed by atoms with Crippen LogP contribution in [0.25, 0.3) is 0 Å². The van der Waals surface area contributed by atoms with Gasteiger partial charge in [-0.2, -0.15) is 0 Å². The minimum atomic E-state index is 0.212. The van der Waals surface area contributed by atoms with Gasteiger partial charge in [0.15, 0.2) is 0 Å². The lowest BCUT2D eigenvalue weighted by atomic mass is 10.0. The Morgan fingerprint density at radius 1 is 0.731 bits per heavy atom. The van der Waals surface area contributed by atoms with Crippen LogP contribution >= 0.6 is 0 Å². The molecule has 1 N–H and O–H groups in total. The van der Waals surface area contributed by atoms with Crippen molar-refractivity contribution in [3.05, 3.63) is 35.9 Å². The van der Waals surface area contributed by atoms with Crippen LogP contribution in [-0.4, -0.2) is 12.5 Å². The van der Waals surface area contributed by atoms with Crippen LogP contribution in [0.4, 0.5) is 0 Å². The van der Waals surface area contributed by atoms with Crippen molar-refractivity contribution in [2.75, 3.05) is 6.54 Å². The number of carbonyl (C=O) groups is 1. The quantitative estimate of drug-likeness (QED) is 0.304. The highest BCUT2D eigenvalue weighted by Gasteiger charge is 2.01. The van der Waals surface area contributed by atoms with Gasteiger partial charge in [0.25, 0.3) is 0 Å². The summed E-state index contributed by atoms with van der Waals surface area (Å²) in [5.74, 6) is 0.212. The van der Waals surface area contributed by atoms with Gasteiger partial charge in [-0.1, -0.05) is 114 Å². The highest BCUT2D eigenvalue weighted by Crippen LogP contribution is 2.12. The Labute approximate surface area is 162 Å². The smallest absolute Gasteiger partial charge is 0.220 e.